The standard InChI is InChI=1S/C20H16O2S/c1-20(13-5-3-2-4-6-13)16-9-7-14(21)11-18(16)23-19-12-15(22)8-10-17(19)20/h2-12,21-22H,1H3. The molecule has 2 N–H and O–H groups in total. The van der Waals surface area contributed by atoms with Crippen LogP contribution in [-0.4, -0.2) is 10.2 Å². The maximum absolute atomic E-state index is 9.87. The molecule has 1 heterocycles. The van der Waals surface area contributed by atoms with Crippen LogP contribution in [0.4, 0.5) is 0 Å². The van der Waals surface area contributed by atoms with Crippen molar-refractivity contribution >= 4 is 11.8 Å². The number of aromatic hydroxyl groups is 2. The third kappa shape index (κ3) is 2.12. The van der Waals surface area contributed by atoms with Gasteiger partial charge >= 0.3 is 0 Å². The molecular weight excluding hydrogens is 304 g/mol. The molecule has 0 fully saturated rings. The number of fused-ring (bicyclic) bond motifs is 2. The molecule has 0 amide bonds. The average molecular weight is 320 g/mol. The van der Waals surface area contributed by atoms with Crippen LogP contribution in [0.5, 0.6) is 11.5 Å². The lowest BCUT2D eigenvalue weighted by Crippen LogP contribution is -2.29. The summed E-state index contributed by atoms with van der Waals surface area (Å²) >= 11 is 1.59. The Bertz CT molecular complexity index is 836. The fourth-order valence-electron chi connectivity index (χ4n) is 3.36. The molecule has 0 radical (unpaired) electrons. The average Bonchev–Trinajstić information content (AvgIpc) is 2.55. The van der Waals surface area contributed by atoms with Crippen LogP contribution in [-0.2, 0) is 5.41 Å². The van der Waals surface area contributed by atoms with E-state index >= 15 is 0 Å². The van der Waals surface area contributed by atoms with Crippen LogP contribution in [0.15, 0.2) is 76.5 Å². The lowest BCUT2D eigenvalue weighted by Gasteiger charge is -2.38. The molecule has 0 bridgehead atoms. The van der Waals surface area contributed by atoms with E-state index in [2.05, 4.69) is 19.1 Å². The van der Waals surface area contributed by atoms with E-state index in [9.17, 15) is 10.2 Å². The Morgan fingerprint density at radius 1 is 0.739 bits per heavy atom. The molecule has 0 saturated carbocycles. The number of hydrogen-bond donors (Lipinski definition) is 2. The van der Waals surface area contributed by atoms with Gasteiger partial charge in [0, 0.05) is 15.2 Å². The molecule has 0 aliphatic carbocycles. The molecule has 0 aromatic heterocycles. The normalized spacial score (nSPS) is 14.8. The van der Waals surface area contributed by atoms with E-state index in [1.807, 2.05) is 30.3 Å². The first-order chi connectivity index (χ1) is 11.1. The minimum atomic E-state index is -0.321. The molecule has 3 heteroatoms. The number of phenolic OH excluding ortho intramolecular Hbond substituents is 2. The van der Waals surface area contributed by atoms with Gasteiger partial charge in [-0.15, -0.1) is 0 Å². The second-order valence-corrected chi connectivity index (χ2v) is 7.04. The highest BCUT2D eigenvalue weighted by molar-refractivity contribution is 7.99. The van der Waals surface area contributed by atoms with Crippen LogP contribution in [0.3, 0.4) is 0 Å². The molecule has 0 spiro atoms. The molecule has 0 unspecified atom stereocenters. The van der Waals surface area contributed by atoms with Crippen molar-refractivity contribution in [2.75, 3.05) is 0 Å². The zero-order valence-electron chi connectivity index (χ0n) is 12.7. The van der Waals surface area contributed by atoms with Crippen LogP contribution in [0.2, 0.25) is 0 Å². The Hall–Kier alpha value is -2.39. The highest BCUT2D eigenvalue weighted by Gasteiger charge is 2.38. The van der Waals surface area contributed by atoms with E-state index in [1.165, 1.54) is 16.7 Å². The SMILES string of the molecule is CC1(c2ccccc2)c2ccc(O)cc2Sc2cc(O)ccc21. The summed E-state index contributed by atoms with van der Waals surface area (Å²) in [7, 11) is 0. The summed E-state index contributed by atoms with van der Waals surface area (Å²) < 4.78 is 0. The number of rotatable bonds is 1. The van der Waals surface area contributed by atoms with Gasteiger partial charge < -0.3 is 10.2 Å². The predicted octanol–water partition coefficient (Wildman–Crippen LogP) is 4.92. The van der Waals surface area contributed by atoms with Crippen molar-refractivity contribution in [1.82, 2.24) is 0 Å². The Morgan fingerprint density at radius 3 is 1.78 bits per heavy atom. The van der Waals surface area contributed by atoms with Crippen LogP contribution in [0.1, 0.15) is 23.6 Å². The summed E-state index contributed by atoms with van der Waals surface area (Å²) in [6, 6.07) is 21.4. The maximum atomic E-state index is 9.87. The van der Waals surface area contributed by atoms with Gasteiger partial charge in [0.05, 0.1) is 0 Å². The van der Waals surface area contributed by atoms with Gasteiger partial charge in [0.1, 0.15) is 11.5 Å². The molecule has 114 valence electrons. The molecule has 23 heavy (non-hydrogen) atoms. The molecule has 2 nitrogen and oxygen atoms in total. The van der Waals surface area contributed by atoms with Crippen molar-refractivity contribution in [1.29, 1.82) is 0 Å². The van der Waals surface area contributed by atoms with E-state index in [-0.39, 0.29) is 16.9 Å². The van der Waals surface area contributed by atoms with Gasteiger partial charge in [0.25, 0.3) is 0 Å². The third-order valence-corrected chi connectivity index (χ3v) is 5.69. The molecule has 3 aromatic carbocycles. The lowest BCUT2D eigenvalue weighted by atomic mass is 9.70. The Kier molecular flexibility index (Phi) is 3.13. The summed E-state index contributed by atoms with van der Waals surface area (Å²) in [4.78, 5) is 2.05. The molecule has 3 aromatic rings. The van der Waals surface area contributed by atoms with Gasteiger partial charge in [0.2, 0.25) is 0 Å². The van der Waals surface area contributed by atoms with E-state index in [0.717, 1.165) is 9.79 Å². The Labute approximate surface area is 139 Å². The Balaban J connectivity index is 2.05. The number of phenols is 2. The van der Waals surface area contributed by atoms with Gasteiger partial charge in [0.15, 0.2) is 0 Å². The molecular formula is C20H16O2S. The summed E-state index contributed by atoms with van der Waals surface area (Å²) in [6.45, 7) is 2.20. The van der Waals surface area contributed by atoms with Crippen molar-refractivity contribution in [2.45, 2.75) is 22.1 Å². The van der Waals surface area contributed by atoms with E-state index in [1.54, 1.807) is 36.0 Å². The third-order valence-electron chi connectivity index (χ3n) is 4.58. The highest BCUT2D eigenvalue weighted by Crippen LogP contribution is 2.53. The monoisotopic (exact) mass is 320 g/mol. The van der Waals surface area contributed by atoms with Crippen LogP contribution >= 0.6 is 11.8 Å². The smallest absolute Gasteiger partial charge is 0.116 e. The number of benzene rings is 3. The minimum Gasteiger partial charge on any atom is -0.508 e. The van der Waals surface area contributed by atoms with Crippen LogP contribution in [0, 0.1) is 0 Å². The van der Waals surface area contributed by atoms with Crippen molar-refractivity contribution in [3.8, 4) is 11.5 Å². The Morgan fingerprint density at radius 2 is 1.26 bits per heavy atom. The predicted molar refractivity (Wildman–Crippen MR) is 92.3 cm³/mol. The summed E-state index contributed by atoms with van der Waals surface area (Å²) in [5, 5.41) is 19.7. The van der Waals surface area contributed by atoms with Crippen LogP contribution in [0.25, 0.3) is 0 Å². The maximum Gasteiger partial charge on any atom is 0.116 e. The first kappa shape index (κ1) is 14.2. The second-order valence-electron chi connectivity index (χ2n) is 5.95. The molecule has 4 rings (SSSR count). The summed E-state index contributed by atoms with van der Waals surface area (Å²) in [5.41, 5.74) is 3.21. The van der Waals surface area contributed by atoms with Crippen molar-refractivity contribution in [2.24, 2.45) is 0 Å². The van der Waals surface area contributed by atoms with Crippen molar-refractivity contribution in [3.63, 3.8) is 0 Å². The van der Waals surface area contributed by atoms with E-state index in [0.29, 0.717) is 0 Å². The lowest BCUT2D eigenvalue weighted by molar-refractivity contribution is 0.471. The van der Waals surface area contributed by atoms with Gasteiger partial charge in [-0.3, -0.25) is 0 Å². The van der Waals surface area contributed by atoms with E-state index < -0.39 is 0 Å². The van der Waals surface area contributed by atoms with Gasteiger partial charge in [-0.1, -0.05) is 54.2 Å². The van der Waals surface area contributed by atoms with Crippen LogP contribution < -0.4 is 0 Å². The quantitative estimate of drug-likeness (QED) is 0.669. The fourth-order valence-corrected chi connectivity index (χ4v) is 4.72. The highest BCUT2D eigenvalue weighted by atomic mass is 32.2. The fraction of sp³-hybridized carbons (Fsp3) is 0.100. The molecule has 1 aliphatic heterocycles. The van der Waals surface area contributed by atoms with Gasteiger partial charge in [-0.05, 0) is 47.9 Å². The topological polar surface area (TPSA) is 40.5 Å². The molecule has 0 saturated heterocycles. The molecule has 1 aliphatic rings. The first-order valence-corrected chi connectivity index (χ1v) is 8.31. The zero-order valence-corrected chi connectivity index (χ0v) is 13.5. The largest absolute Gasteiger partial charge is 0.508 e. The minimum absolute atomic E-state index is 0.260. The van der Waals surface area contributed by atoms with Gasteiger partial charge in [-0.2, -0.15) is 0 Å². The second kappa shape index (κ2) is 5.07. The van der Waals surface area contributed by atoms with E-state index in [4.69, 9.17) is 0 Å². The zero-order chi connectivity index (χ0) is 16.0. The van der Waals surface area contributed by atoms with Gasteiger partial charge in [-0.25, -0.2) is 0 Å². The number of hydrogen-bond acceptors (Lipinski definition) is 3. The summed E-state index contributed by atoms with van der Waals surface area (Å²) in [5.74, 6) is 0.519. The van der Waals surface area contributed by atoms with Crippen molar-refractivity contribution in [3.05, 3.63) is 83.4 Å². The van der Waals surface area contributed by atoms with Crippen molar-refractivity contribution < 1.29 is 10.2 Å². The molecule has 0 atom stereocenters. The summed E-state index contributed by atoms with van der Waals surface area (Å²) in [6.07, 6.45) is 0. The first-order valence-electron chi connectivity index (χ1n) is 7.49.